The quantitative estimate of drug-likeness (QED) is 0.513. The van der Waals surface area contributed by atoms with Crippen LogP contribution in [-0.4, -0.2) is 45.6 Å². The summed E-state index contributed by atoms with van der Waals surface area (Å²) >= 11 is 1.29. The molecule has 2 rings (SSSR count). The van der Waals surface area contributed by atoms with Crippen LogP contribution in [0, 0.1) is 0 Å². The van der Waals surface area contributed by atoms with E-state index in [9.17, 15) is 9.59 Å². The maximum Gasteiger partial charge on any atom is 0.313 e. The van der Waals surface area contributed by atoms with Crippen LogP contribution in [0.2, 0.25) is 0 Å². The minimum atomic E-state index is -0.360. The topological polar surface area (TPSA) is 95.3 Å². The number of esters is 1. The molecule has 9 heteroatoms. The van der Waals surface area contributed by atoms with E-state index in [1.807, 2.05) is 24.3 Å². The van der Waals surface area contributed by atoms with Gasteiger partial charge in [-0.2, -0.15) is 0 Å². The molecule has 1 amide bonds. The van der Waals surface area contributed by atoms with Crippen molar-refractivity contribution in [1.82, 2.24) is 20.1 Å². The van der Waals surface area contributed by atoms with Crippen LogP contribution in [-0.2, 0) is 34.3 Å². The van der Waals surface area contributed by atoms with Crippen LogP contribution in [0.25, 0.3) is 0 Å². The monoisotopic (exact) mass is 392 g/mol. The van der Waals surface area contributed by atoms with Gasteiger partial charge in [0.2, 0.25) is 5.91 Å². The highest BCUT2D eigenvalue weighted by Gasteiger charge is 2.19. The number of carbonyl (C=O) groups is 2. The predicted octanol–water partition coefficient (Wildman–Crippen LogP) is 1.73. The minimum absolute atomic E-state index is 0.0515. The van der Waals surface area contributed by atoms with Crippen LogP contribution in [0.3, 0.4) is 0 Å². The van der Waals surface area contributed by atoms with E-state index in [0.717, 1.165) is 11.3 Å². The third kappa shape index (κ3) is 5.99. The summed E-state index contributed by atoms with van der Waals surface area (Å²) in [5.74, 6) is 0.817. The zero-order valence-electron chi connectivity index (χ0n) is 15.9. The van der Waals surface area contributed by atoms with E-state index in [-0.39, 0.29) is 23.5 Å². The third-order valence-electron chi connectivity index (χ3n) is 3.81. The number of hydrogen-bond acceptors (Lipinski definition) is 7. The van der Waals surface area contributed by atoms with Crippen LogP contribution < -0.4 is 10.1 Å². The fourth-order valence-corrected chi connectivity index (χ4v) is 3.09. The molecule has 1 aromatic carbocycles. The molecular weight excluding hydrogens is 368 g/mol. The number of nitrogens with zero attached hydrogens (tertiary/aromatic N) is 3. The fourth-order valence-electron chi connectivity index (χ4n) is 2.23. The van der Waals surface area contributed by atoms with Crippen molar-refractivity contribution in [2.45, 2.75) is 37.2 Å². The highest BCUT2D eigenvalue weighted by atomic mass is 32.2. The Labute approximate surface area is 162 Å². The molecule has 0 fully saturated rings. The lowest BCUT2D eigenvalue weighted by Gasteiger charge is -2.12. The molecule has 1 heterocycles. The average molecular weight is 392 g/mol. The molecule has 1 aromatic heterocycles. The van der Waals surface area contributed by atoms with E-state index in [1.165, 1.54) is 11.8 Å². The number of ether oxygens (including phenoxy) is 2. The lowest BCUT2D eigenvalue weighted by molar-refractivity contribution is -0.142. The second-order valence-corrected chi connectivity index (χ2v) is 7.07. The molecule has 1 atom stereocenters. The molecule has 0 spiro atoms. The van der Waals surface area contributed by atoms with E-state index in [1.54, 1.807) is 32.6 Å². The smallest absolute Gasteiger partial charge is 0.313 e. The molecule has 0 bridgehead atoms. The lowest BCUT2D eigenvalue weighted by atomic mass is 10.2. The standard InChI is InChI=1S/C18H24N4O4S/c1-5-26-16(23)10-15-20-21-18(22(15)3)27-12(2)17(24)19-11-13-6-8-14(25-4)9-7-13/h6-9,12H,5,10-11H2,1-4H3,(H,19,24)/t12-/m1/s1. The maximum absolute atomic E-state index is 12.3. The van der Waals surface area contributed by atoms with Crippen molar-refractivity contribution in [3.8, 4) is 5.75 Å². The molecule has 0 aliphatic rings. The third-order valence-corrected chi connectivity index (χ3v) is 4.94. The van der Waals surface area contributed by atoms with Crippen LogP contribution in [0.15, 0.2) is 29.4 Å². The number of nitrogens with one attached hydrogen (secondary N) is 1. The summed E-state index contributed by atoms with van der Waals surface area (Å²) < 4.78 is 11.7. The van der Waals surface area contributed by atoms with Gasteiger partial charge in [-0.1, -0.05) is 23.9 Å². The van der Waals surface area contributed by atoms with Gasteiger partial charge in [0, 0.05) is 13.6 Å². The largest absolute Gasteiger partial charge is 0.497 e. The first-order valence-corrected chi connectivity index (χ1v) is 9.43. The number of methoxy groups -OCH3 is 1. The molecule has 1 N–H and O–H groups in total. The second-order valence-electron chi connectivity index (χ2n) is 5.77. The molecule has 0 aliphatic carbocycles. The summed E-state index contributed by atoms with van der Waals surface area (Å²) in [6.45, 7) is 4.31. The zero-order chi connectivity index (χ0) is 19.8. The summed E-state index contributed by atoms with van der Waals surface area (Å²) in [6.07, 6.45) is 0.0515. The van der Waals surface area contributed by atoms with Gasteiger partial charge in [0.15, 0.2) is 5.16 Å². The van der Waals surface area contributed by atoms with E-state index in [4.69, 9.17) is 9.47 Å². The Morgan fingerprint density at radius 1 is 1.26 bits per heavy atom. The van der Waals surface area contributed by atoms with Crippen LogP contribution in [0.1, 0.15) is 25.2 Å². The van der Waals surface area contributed by atoms with Crippen molar-refractivity contribution in [1.29, 1.82) is 0 Å². The Hall–Kier alpha value is -2.55. The lowest BCUT2D eigenvalue weighted by Crippen LogP contribution is -2.30. The number of rotatable bonds is 9. The molecule has 0 unspecified atom stereocenters. The minimum Gasteiger partial charge on any atom is -0.497 e. The van der Waals surface area contributed by atoms with Crippen LogP contribution in [0.4, 0.5) is 0 Å². The summed E-state index contributed by atoms with van der Waals surface area (Å²) in [7, 11) is 3.37. The first-order chi connectivity index (χ1) is 12.9. The molecular formula is C18H24N4O4S. The zero-order valence-corrected chi connectivity index (χ0v) is 16.7. The van der Waals surface area contributed by atoms with E-state index in [2.05, 4.69) is 15.5 Å². The van der Waals surface area contributed by atoms with Crippen molar-refractivity contribution in [2.24, 2.45) is 7.05 Å². The van der Waals surface area contributed by atoms with Gasteiger partial charge in [-0.25, -0.2) is 0 Å². The Balaban J connectivity index is 1.88. The fraction of sp³-hybridized carbons (Fsp3) is 0.444. The molecule has 8 nitrogen and oxygen atoms in total. The predicted molar refractivity (Wildman–Crippen MR) is 101 cm³/mol. The van der Waals surface area contributed by atoms with Crippen LogP contribution >= 0.6 is 11.8 Å². The van der Waals surface area contributed by atoms with E-state index in [0.29, 0.717) is 24.1 Å². The van der Waals surface area contributed by atoms with E-state index >= 15 is 0 Å². The number of carbonyl (C=O) groups excluding carboxylic acids is 2. The van der Waals surface area contributed by atoms with Gasteiger partial charge in [0.25, 0.3) is 0 Å². The van der Waals surface area contributed by atoms with Crippen molar-refractivity contribution < 1.29 is 19.1 Å². The molecule has 146 valence electrons. The van der Waals surface area contributed by atoms with Gasteiger partial charge < -0.3 is 19.4 Å². The Bertz CT molecular complexity index is 776. The molecule has 2 aromatic rings. The number of thioether (sulfide) groups is 1. The molecule has 0 saturated heterocycles. The van der Waals surface area contributed by atoms with Gasteiger partial charge >= 0.3 is 5.97 Å². The Morgan fingerprint density at radius 2 is 1.96 bits per heavy atom. The van der Waals surface area contributed by atoms with Crippen molar-refractivity contribution in [3.63, 3.8) is 0 Å². The number of amides is 1. The highest BCUT2D eigenvalue weighted by Crippen LogP contribution is 2.22. The van der Waals surface area contributed by atoms with Crippen molar-refractivity contribution in [3.05, 3.63) is 35.7 Å². The van der Waals surface area contributed by atoms with Crippen molar-refractivity contribution in [2.75, 3.05) is 13.7 Å². The highest BCUT2D eigenvalue weighted by molar-refractivity contribution is 8.00. The van der Waals surface area contributed by atoms with Crippen LogP contribution in [0.5, 0.6) is 5.75 Å². The van der Waals surface area contributed by atoms with Gasteiger partial charge in [0.05, 0.1) is 19.0 Å². The van der Waals surface area contributed by atoms with Gasteiger partial charge in [-0.15, -0.1) is 10.2 Å². The molecule has 0 aliphatic heterocycles. The summed E-state index contributed by atoms with van der Waals surface area (Å²) in [5.41, 5.74) is 0.983. The second kappa shape index (κ2) is 9.96. The van der Waals surface area contributed by atoms with Crippen molar-refractivity contribution >= 4 is 23.6 Å². The van der Waals surface area contributed by atoms with E-state index < -0.39 is 0 Å². The molecule has 0 radical (unpaired) electrons. The first-order valence-electron chi connectivity index (χ1n) is 8.55. The Morgan fingerprint density at radius 3 is 2.59 bits per heavy atom. The van der Waals surface area contributed by atoms with Gasteiger partial charge in [0.1, 0.15) is 18.0 Å². The Kier molecular flexibility index (Phi) is 7.66. The number of aromatic nitrogens is 3. The van der Waals surface area contributed by atoms with Gasteiger partial charge in [-0.3, -0.25) is 9.59 Å². The summed E-state index contributed by atoms with van der Waals surface area (Å²) in [5, 5.41) is 11.2. The molecule has 27 heavy (non-hydrogen) atoms. The molecule has 0 saturated carbocycles. The van der Waals surface area contributed by atoms with Gasteiger partial charge in [-0.05, 0) is 31.5 Å². The summed E-state index contributed by atoms with van der Waals surface area (Å²) in [4.78, 5) is 23.9. The number of benzene rings is 1. The maximum atomic E-state index is 12.3. The first kappa shape index (κ1) is 20.8. The normalized spacial score (nSPS) is 11.7. The summed E-state index contributed by atoms with van der Waals surface area (Å²) in [6, 6.07) is 7.51. The average Bonchev–Trinajstić information content (AvgIpc) is 3.00. The number of hydrogen-bond donors (Lipinski definition) is 1. The SMILES string of the molecule is CCOC(=O)Cc1nnc(S[C@H](C)C(=O)NCc2ccc(OC)cc2)n1C.